The van der Waals surface area contributed by atoms with Crippen LogP contribution in [0.4, 0.5) is 0 Å². The first-order chi connectivity index (χ1) is 7.49. The third kappa shape index (κ3) is 1.83. The van der Waals surface area contributed by atoms with Gasteiger partial charge >= 0.3 is 5.71 Å². The van der Waals surface area contributed by atoms with Crippen molar-refractivity contribution in [3.63, 3.8) is 0 Å². The Morgan fingerprint density at radius 2 is 1.94 bits per heavy atom. The Balaban J connectivity index is 2.36. The highest BCUT2D eigenvalue weighted by molar-refractivity contribution is 6.40. The van der Waals surface area contributed by atoms with Gasteiger partial charge in [-0.25, -0.2) is 0 Å². The highest BCUT2D eigenvalue weighted by Crippen LogP contribution is 2.47. The van der Waals surface area contributed by atoms with Crippen molar-refractivity contribution in [3.05, 3.63) is 5.53 Å². The van der Waals surface area contributed by atoms with E-state index in [9.17, 15) is 4.79 Å². The summed E-state index contributed by atoms with van der Waals surface area (Å²) in [5.74, 6) is 0.0395. The molecule has 1 spiro atoms. The summed E-state index contributed by atoms with van der Waals surface area (Å²) in [6, 6.07) is 0. The summed E-state index contributed by atoms with van der Waals surface area (Å²) in [6.45, 7) is 5.53. The van der Waals surface area contributed by atoms with Crippen molar-refractivity contribution >= 4 is 11.5 Å². The molecule has 2 rings (SSSR count). The lowest BCUT2D eigenvalue weighted by molar-refractivity contribution is -0.138. The van der Waals surface area contributed by atoms with Gasteiger partial charge in [0.15, 0.2) is 0 Å². The molecule has 1 saturated carbocycles. The number of rotatable bonds is 0. The van der Waals surface area contributed by atoms with E-state index in [2.05, 4.69) is 18.6 Å². The summed E-state index contributed by atoms with van der Waals surface area (Å²) < 4.78 is 5.33. The molecule has 4 nitrogen and oxygen atoms in total. The van der Waals surface area contributed by atoms with E-state index in [4.69, 9.17) is 10.3 Å². The lowest BCUT2D eigenvalue weighted by atomic mass is 9.59. The van der Waals surface area contributed by atoms with Crippen LogP contribution >= 0.6 is 0 Å². The average Bonchev–Trinajstić information content (AvgIpc) is 2.24. The minimum atomic E-state index is -0.332. The Hall–Kier alpha value is -0.990. The zero-order valence-electron chi connectivity index (χ0n) is 9.95. The molecule has 0 unspecified atom stereocenters. The van der Waals surface area contributed by atoms with Gasteiger partial charge in [-0.1, -0.05) is 13.8 Å². The summed E-state index contributed by atoms with van der Waals surface area (Å²) in [6.07, 6.45) is 2.97. The molecule has 0 N–H and O–H groups in total. The highest BCUT2D eigenvalue weighted by Gasteiger charge is 2.53. The van der Waals surface area contributed by atoms with Crippen molar-refractivity contribution in [2.45, 2.75) is 39.5 Å². The van der Waals surface area contributed by atoms with E-state index in [0.717, 1.165) is 19.3 Å². The number of carbonyl (C=O) groups excluding carboxylic acids is 1. The number of hydrogen-bond donors (Lipinski definition) is 0. The van der Waals surface area contributed by atoms with E-state index in [1.54, 1.807) is 0 Å². The number of hydrogen-bond acceptors (Lipinski definition) is 2. The first-order valence-corrected chi connectivity index (χ1v) is 5.83. The predicted octanol–water partition coefficient (Wildman–Crippen LogP) is 1.84. The van der Waals surface area contributed by atoms with Gasteiger partial charge in [0.2, 0.25) is 5.78 Å². The van der Waals surface area contributed by atoms with Gasteiger partial charge in [-0.3, -0.25) is 4.79 Å². The van der Waals surface area contributed by atoms with E-state index < -0.39 is 0 Å². The number of ether oxygens (including phenoxy) is 1. The van der Waals surface area contributed by atoms with Gasteiger partial charge in [0.05, 0.1) is 6.42 Å². The summed E-state index contributed by atoms with van der Waals surface area (Å²) in [5.41, 5.74) is 8.99. The topological polar surface area (TPSA) is 62.7 Å². The normalized spacial score (nSPS) is 27.9. The van der Waals surface area contributed by atoms with Crippen LogP contribution in [-0.2, 0) is 9.53 Å². The molecule has 0 aromatic rings. The number of carbonyl (C=O) groups is 1. The Morgan fingerprint density at radius 3 is 2.50 bits per heavy atom. The lowest BCUT2D eigenvalue weighted by Gasteiger charge is -2.43. The van der Waals surface area contributed by atoms with Gasteiger partial charge in [-0.2, -0.15) is 4.79 Å². The van der Waals surface area contributed by atoms with Crippen LogP contribution in [0, 0.1) is 10.8 Å². The second kappa shape index (κ2) is 3.79. The fourth-order valence-electron chi connectivity index (χ4n) is 3.15. The predicted molar refractivity (Wildman–Crippen MR) is 59.1 cm³/mol. The van der Waals surface area contributed by atoms with Crippen LogP contribution < -0.4 is 0 Å². The second-order valence-corrected chi connectivity index (χ2v) is 5.79. The van der Waals surface area contributed by atoms with Crippen molar-refractivity contribution in [2.75, 3.05) is 13.2 Å². The summed E-state index contributed by atoms with van der Waals surface area (Å²) in [7, 11) is 0. The molecule has 2 fully saturated rings. The molecule has 2 aliphatic rings. The van der Waals surface area contributed by atoms with Crippen molar-refractivity contribution < 1.29 is 14.3 Å². The minimum absolute atomic E-state index is 0.0345. The van der Waals surface area contributed by atoms with Gasteiger partial charge in [0.25, 0.3) is 0 Å². The zero-order chi connectivity index (χ0) is 11.8. The smallest absolute Gasteiger partial charge is 0.335 e. The first-order valence-electron chi connectivity index (χ1n) is 5.83. The van der Waals surface area contributed by atoms with Crippen LogP contribution in [-0.4, -0.2) is 29.5 Å². The third-order valence-electron chi connectivity index (χ3n) is 3.78. The van der Waals surface area contributed by atoms with Gasteiger partial charge < -0.3 is 10.3 Å². The van der Waals surface area contributed by atoms with Crippen molar-refractivity contribution in [2.24, 2.45) is 10.8 Å². The van der Waals surface area contributed by atoms with Crippen LogP contribution in [0.15, 0.2) is 0 Å². The van der Waals surface area contributed by atoms with Crippen LogP contribution in [0.2, 0.25) is 0 Å². The number of ketones is 1. The SMILES string of the molecule is CC1(C)CC(=[N+]=[N-])C(=O)C2(CCOCC2)C1. The lowest BCUT2D eigenvalue weighted by Crippen LogP contribution is -2.49. The van der Waals surface area contributed by atoms with E-state index in [1.807, 2.05) is 0 Å². The van der Waals surface area contributed by atoms with Crippen molar-refractivity contribution in [1.82, 2.24) is 0 Å². The number of nitrogens with zero attached hydrogens (tertiary/aromatic N) is 2. The maximum atomic E-state index is 12.3. The maximum Gasteiger partial charge on any atom is 0.335 e. The molecule has 0 bridgehead atoms. The third-order valence-corrected chi connectivity index (χ3v) is 3.78. The zero-order valence-corrected chi connectivity index (χ0v) is 9.95. The maximum absolute atomic E-state index is 12.3. The molecule has 1 heterocycles. The Bertz CT molecular complexity index is 361. The quantitative estimate of drug-likeness (QED) is 0.463. The summed E-state index contributed by atoms with van der Waals surface area (Å²) in [5, 5.41) is 0. The summed E-state index contributed by atoms with van der Waals surface area (Å²) >= 11 is 0. The monoisotopic (exact) mass is 222 g/mol. The van der Waals surface area contributed by atoms with Crippen LogP contribution in [0.3, 0.4) is 0 Å². The Morgan fingerprint density at radius 1 is 1.31 bits per heavy atom. The molecule has 4 heteroatoms. The Labute approximate surface area is 95.6 Å². The van der Waals surface area contributed by atoms with E-state index in [0.29, 0.717) is 25.3 Å². The molecule has 1 aliphatic carbocycles. The summed E-state index contributed by atoms with van der Waals surface area (Å²) in [4.78, 5) is 15.5. The van der Waals surface area contributed by atoms with E-state index in [1.165, 1.54) is 0 Å². The van der Waals surface area contributed by atoms with E-state index in [-0.39, 0.29) is 16.6 Å². The molecule has 0 aromatic carbocycles. The van der Waals surface area contributed by atoms with Crippen LogP contribution in [0.25, 0.3) is 5.53 Å². The first kappa shape index (κ1) is 11.5. The molecule has 0 aromatic heterocycles. The van der Waals surface area contributed by atoms with Crippen LogP contribution in [0.1, 0.15) is 39.5 Å². The van der Waals surface area contributed by atoms with E-state index >= 15 is 0 Å². The Kier molecular flexibility index (Phi) is 2.72. The highest BCUT2D eigenvalue weighted by atomic mass is 16.5. The molecule has 1 aliphatic heterocycles. The fraction of sp³-hybridized carbons (Fsp3) is 0.833. The van der Waals surface area contributed by atoms with Gasteiger partial charge in [-0.05, 0) is 24.7 Å². The standard InChI is InChI=1S/C12H18N2O2/c1-11(2)7-9(14-13)10(15)12(8-11)3-5-16-6-4-12/h3-8H2,1-2H3. The average molecular weight is 222 g/mol. The molecule has 88 valence electrons. The van der Waals surface area contributed by atoms with Crippen LogP contribution in [0.5, 0.6) is 0 Å². The fourth-order valence-corrected chi connectivity index (χ4v) is 3.15. The molecular weight excluding hydrogens is 204 g/mol. The second-order valence-electron chi connectivity index (χ2n) is 5.79. The van der Waals surface area contributed by atoms with Crippen molar-refractivity contribution in [3.8, 4) is 0 Å². The molecule has 16 heavy (non-hydrogen) atoms. The molecule has 1 saturated heterocycles. The molecule has 0 amide bonds. The van der Waals surface area contributed by atoms with Crippen molar-refractivity contribution in [1.29, 1.82) is 0 Å². The molecule has 0 atom stereocenters. The van der Waals surface area contributed by atoms with Gasteiger partial charge in [-0.15, -0.1) is 0 Å². The molecular formula is C12H18N2O2. The minimum Gasteiger partial charge on any atom is -0.381 e. The largest absolute Gasteiger partial charge is 0.381 e. The van der Waals surface area contributed by atoms with Gasteiger partial charge in [0, 0.05) is 18.6 Å². The van der Waals surface area contributed by atoms with Gasteiger partial charge in [0.1, 0.15) is 0 Å². The molecule has 0 radical (unpaired) electrons. The number of Topliss-reactive ketones (excluding diaryl/α,β-unsaturated/α-hetero) is 1.